The van der Waals surface area contributed by atoms with Gasteiger partial charge in [0.05, 0.1) is 42.0 Å². The molecule has 0 spiro atoms. The van der Waals surface area contributed by atoms with E-state index in [1.807, 2.05) is 43.6 Å². The molecule has 2 saturated heterocycles. The molecule has 0 aromatic carbocycles. The summed E-state index contributed by atoms with van der Waals surface area (Å²) in [6, 6.07) is 9.72. The first kappa shape index (κ1) is 20.3. The SMILES string of the molecule is CNc1nc(N[C@@H]2CCN(C3COC3)C[C@H]2F)nn2ccc(-c3ccc4ncccc4n3)c12. The Bertz CT molecular complexity index is 1310. The molecule has 0 aliphatic carbocycles. The van der Waals surface area contributed by atoms with E-state index < -0.39 is 6.17 Å². The summed E-state index contributed by atoms with van der Waals surface area (Å²) in [5.41, 5.74) is 4.22. The van der Waals surface area contributed by atoms with Gasteiger partial charge < -0.3 is 15.4 Å². The number of halogens is 1. The van der Waals surface area contributed by atoms with Gasteiger partial charge >= 0.3 is 0 Å². The molecule has 4 aromatic rings. The number of alkyl halides is 1. The van der Waals surface area contributed by atoms with Crippen LogP contribution in [0.2, 0.25) is 0 Å². The van der Waals surface area contributed by atoms with Crippen LogP contribution in [0.3, 0.4) is 0 Å². The van der Waals surface area contributed by atoms with Crippen LogP contribution >= 0.6 is 0 Å². The molecule has 9 nitrogen and oxygen atoms in total. The Kier molecular flexibility index (Phi) is 5.03. The highest BCUT2D eigenvalue weighted by Crippen LogP contribution is 2.30. The number of piperidine rings is 1. The first-order valence-corrected chi connectivity index (χ1v) is 11.2. The highest BCUT2D eigenvalue weighted by molar-refractivity contribution is 5.89. The highest BCUT2D eigenvalue weighted by Gasteiger charge is 2.35. The molecule has 0 bridgehead atoms. The summed E-state index contributed by atoms with van der Waals surface area (Å²) in [6.07, 6.45) is 3.33. The van der Waals surface area contributed by atoms with Gasteiger partial charge in [-0.2, -0.15) is 4.98 Å². The molecule has 0 radical (unpaired) electrons. The highest BCUT2D eigenvalue weighted by atomic mass is 19.1. The number of nitrogens with one attached hydrogen (secondary N) is 2. The van der Waals surface area contributed by atoms with E-state index in [4.69, 9.17) is 9.72 Å². The van der Waals surface area contributed by atoms with E-state index >= 15 is 0 Å². The molecule has 6 rings (SSSR count). The zero-order chi connectivity index (χ0) is 22.4. The second-order valence-corrected chi connectivity index (χ2v) is 8.54. The molecular weight excluding hydrogens is 423 g/mol. The Balaban J connectivity index is 1.28. The van der Waals surface area contributed by atoms with Crippen molar-refractivity contribution in [3.8, 4) is 11.3 Å². The predicted molar refractivity (Wildman–Crippen MR) is 124 cm³/mol. The summed E-state index contributed by atoms with van der Waals surface area (Å²) in [5, 5.41) is 11.0. The van der Waals surface area contributed by atoms with Gasteiger partial charge in [-0.1, -0.05) is 0 Å². The summed E-state index contributed by atoms with van der Waals surface area (Å²) in [6.45, 7) is 2.65. The van der Waals surface area contributed by atoms with Crippen molar-refractivity contribution in [1.29, 1.82) is 0 Å². The van der Waals surface area contributed by atoms with Crippen molar-refractivity contribution in [1.82, 2.24) is 29.5 Å². The van der Waals surface area contributed by atoms with Crippen LogP contribution in [0.4, 0.5) is 16.2 Å². The van der Waals surface area contributed by atoms with Crippen molar-refractivity contribution in [3.05, 3.63) is 42.7 Å². The van der Waals surface area contributed by atoms with Crippen molar-refractivity contribution in [2.45, 2.75) is 24.7 Å². The average molecular weight is 449 g/mol. The van der Waals surface area contributed by atoms with Crippen molar-refractivity contribution in [2.75, 3.05) is 44.0 Å². The third kappa shape index (κ3) is 3.65. The van der Waals surface area contributed by atoms with E-state index in [1.54, 1.807) is 10.7 Å². The minimum atomic E-state index is -0.993. The molecular formula is C23H25FN8O. The molecule has 10 heteroatoms. The average Bonchev–Trinajstić information content (AvgIpc) is 3.23. The molecule has 4 aromatic heterocycles. The number of anilines is 2. The molecule has 0 saturated carbocycles. The van der Waals surface area contributed by atoms with Crippen LogP contribution in [-0.2, 0) is 4.74 Å². The number of nitrogens with zero attached hydrogens (tertiary/aromatic N) is 6. The largest absolute Gasteiger partial charge is 0.378 e. The van der Waals surface area contributed by atoms with Crippen LogP contribution in [0.25, 0.3) is 27.8 Å². The van der Waals surface area contributed by atoms with Gasteiger partial charge in [0.15, 0.2) is 5.82 Å². The van der Waals surface area contributed by atoms with Crippen molar-refractivity contribution >= 4 is 28.3 Å². The van der Waals surface area contributed by atoms with Crippen LogP contribution in [0.5, 0.6) is 0 Å². The van der Waals surface area contributed by atoms with Gasteiger partial charge in [0.1, 0.15) is 11.7 Å². The number of likely N-dealkylation sites (tertiary alicyclic amines) is 1. The lowest BCUT2D eigenvalue weighted by Gasteiger charge is -2.42. The summed E-state index contributed by atoms with van der Waals surface area (Å²) in [7, 11) is 1.82. The van der Waals surface area contributed by atoms with Gasteiger partial charge in [0.2, 0.25) is 5.95 Å². The second kappa shape index (κ2) is 8.20. The third-order valence-corrected chi connectivity index (χ3v) is 6.50. The fourth-order valence-corrected chi connectivity index (χ4v) is 4.60. The molecule has 0 unspecified atom stereocenters. The quantitative estimate of drug-likeness (QED) is 0.481. The number of fused-ring (bicyclic) bond motifs is 2. The van der Waals surface area contributed by atoms with Crippen LogP contribution in [0, 0.1) is 0 Å². The first-order chi connectivity index (χ1) is 16.2. The standard InChI is InChI=1S/C23H25FN8O/c1-25-22-21-15(17-4-5-19-20(27-17)3-2-8-26-19)6-10-32(21)30-23(29-22)28-18-7-9-31(11-16(18)24)14-12-33-13-14/h2-6,8,10,14,16,18H,7,9,11-13H2,1H3,(H2,25,28,29,30)/t16-,18-/m1/s1. The minimum Gasteiger partial charge on any atom is -0.378 e. The van der Waals surface area contributed by atoms with Crippen LogP contribution in [0.15, 0.2) is 42.7 Å². The summed E-state index contributed by atoms with van der Waals surface area (Å²) in [4.78, 5) is 15.9. The monoisotopic (exact) mass is 448 g/mol. The van der Waals surface area contributed by atoms with Gasteiger partial charge in [0, 0.05) is 38.1 Å². The summed E-state index contributed by atoms with van der Waals surface area (Å²) >= 11 is 0. The number of aromatic nitrogens is 5. The summed E-state index contributed by atoms with van der Waals surface area (Å²) < 4.78 is 21.9. The first-order valence-electron chi connectivity index (χ1n) is 11.2. The molecule has 2 aliphatic rings. The number of hydrogen-bond acceptors (Lipinski definition) is 8. The van der Waals surface area contributed by atoms with Crippen LogP contribution in [-0.4, -0.2) is 81.1 Å². The van der Waals surface area contributed by atoms with Gasteiger partial charge in [0.25, 0.3) is 0 Å². The Morgan fingerprint density at radius 2 is 2.03 bits per heavy atom. The lowest BCUT2D eigenvalue weighted by atomic mass is 10.0. The molecule has 2 N–H and O–H groups in total. The molecule has 2 aliphatic heterocycles. The van der Waals surface area contributed by atoms with E-state index in [1.165, 1.54) is 0 Å². The smallest absolute Gasteiger partial charge is 0.243 e. The number of hydrogen-bond donors (Lipinski definition) is 2. The van der Waals surface area contributed by atoms with Crippen LogP contribution < -0.4 is 10.6 Å². The van der Waals surface area contributed by atoms with Gasteiger partial charge in [-0.3, -0.25) is 9.88 Å². The van der Waals surface area contributed by atoms with E-state index in [9.17, 15) is 4.39 Å². The van der Waals surface area contributed by atoms with E-state index in [-0.39, 0.29) is 6.04 Å². The molecule has 2 fully saturated rings. The maximum atomic E-state index is 14.9. The van der Waals surface area contributed by atoms with Crippen molar-refractivity contribution in [2.24, 2.45) is 0 Å². The number of pyridine rings is 2. The second-order valence-electron chi connectivity index (χ2n) is 8.54. The van der Waals surface area contributed by atoms with E-state index in [0.717, 1.165) is 34.4 Å². The molecule has 2 atom stereocenters. The lowest BCUT2D eigenvalue weighted by molar-refractivity contribution is -0.0794. The fraction of sp³-hybridized carbons (Fsp3) is 0.391. The number of rotatable bonds is 5. The topological polar surface area (TPSA) is 92.5 Å². The number of ether oxygens (including phenoxy) is 1. The van der Waals surface area contributed by atoms with E-state index in [0.29, 0.717) is 44.0 Å². The third-order valence-electron chi connectivity index (χ3n) is 6.50. The maximum absolute atomic E-state index is 14.9. The Morgan fingerprint density at radius 1 is 1.12 bits per heavy atom. The van der Waals surface area contributed by atoms with Gasteiger partial charge in [-0.25, -0.2) is 13.9 Å². The molecule has 170 valence electrons. The van der Waals surface area contributed by atoms with Gasteiger partial charge in [-0.15, -0.1) is 5.10 Å². The van der Waals surface area contributed by atoms with Gasteiger partial charge in [-0.05, 0) is 36.8 Å². The minimum absolute atomic E-state index is 0.325. The van der Waals surface area contributed by atoms with Crippen molar-refractivity contribution in [3.63, 3.8) is 0 Å². The molecule has 33 heavy (non-hydrogen) atoms. The molecule has 6 heterocycles. The Morgan fingerprint density at radius 3 is 2.82 bits per heavy atom. The summed E-state index contributed by atoms with van der Waals surface area (Å²) in [5.74, 6) is 1.05. The van der Waals surface area contributed by atoms with E-state index in [2.05, 4.69) is 30.6 Å². The lowest BCUT2D eigenvalue weighted by Crippen LogP contribution is -2.57. The maximum Gasteiger partial charge on any atom is 0.243 e. The Labute approximate surface area is 190 Å². The fourth-order valence-electron chi connectivity index (χ4n) is 4.60. The van der Waals surface area contributed by atoms with Crippen molar-refractivity contribution < 1.29 is 9.13 Å². The predicted octanol–water partition coefficient (Wildman–Crippen LogP) is 2.60. The zero-order valence-electron chi connectivity index (χ0n) is 18.3. The molecule has 0 amide bonds. The zero-order valence-corrected chi connectivity index (χ0v) is 18.3. The Hall–Kier alpha value is -3.37. The van der Waals surface area contributed by atoms with Crippen LogP contribution in [0.1, 0.15) is 6.42 Å². The normalized spacial score (nSPS) is 21.9.